The van der Waals surface area contributed by atoms with Crippen LogP contribution in [0.5, 0.6) is 0 Å². The number of hydrogen-bond donors (Lipinski definition) is 1. The molecule has 0 spiro atoms. The van der Waals surface area contributed by atoms with Crippen molar-refractivity contribution < 1.29 is 18.0 Å². The highest BCUT2D eigenvalue weighted by Crippen LogP contribution is 2.42. The molecule has 0 aromatic carbocycles. The second kappa shape index (κ2) is 4.69. The monoisotopic (exact) mass is 299 g/mol. The zero-order chi connectivity index (χ0) is 15.3. The van der Waals surface area contributed by atoms with Crippen molar-refractivity contribution in [3.05, 3.63) is 29.6 Å². The maximum Gasteiger partial charge on any atom is 0.433 e. The Kier molecular flexibility index (Phi) is 3.20. The number of nitrogens with zero attached hydrogens (tertiary/aromatic N) is 2. The van der Waals surface area contributed by atoms with Crippen LogP contribution in [0, 0.1) is 5.92 Å². The maximum atomic E-state index is 12.6. The van der Waals surface area contributed by atoms with Gasteiger partial charge in [0.2, 0.25) is 5.91 Å². The van der Waals surface area contributed by atoms with E-state index in [4.69, 9.17) is 5.73 Å². The fraction of sp³-hybridized carbons (Fsp3) is 0.571. The van der Waals surface area contributed by atoms with Gasteiger partial charge in [0, 0.05) is 18.6 Å². The zero-order valence-corrected chi connectivity index (χ0v) is 11.4. The fourth-order valence-electron chi connectivity index (χ4n) is 3.08. The van der Waals surface area contributed by atoms with Crippen molar-refractivity contribution >= 4 is 5.91 Å². The minimum Gasteiger partial charge on any atom is -0.340 e. The smallest absolute Gasteiger partial charge is 0.340 e. The van der Waals surface area contributed by atoms with Crippen LogP contribution in [-0.4, -0.2) is 34.4 Å². The number of carbonyl (C=O) groups excluding carboxylic acids is 1. The molecule has 1 aliphatic heterocycles. The number of pyridine rings is 1. The number of carbonyl (C=O) groups is 1. The first-order chi connectivity index (χ1) is 9.78. The van der Waals surface area contributed by atoms with Gasteiger partial charge in [0.05, 0.1) is 12.1 Å². The van der Waals surface area contributed by atoms with E-state index < -0.39 is 11.9 Å². The highest BCUT2D eigenvalue weighted by Gasteiger charge is 2.51. The summed E-state index contributed by atoms with van der Waals surface area (Å²) in [5.41, 5.74) is 5.04. The molecule has 114 valence electrons. The predicted octanol–water partition coefficient (Wildman–Crippen LogP) is 1.59. The molecule has 2 heterocycles. The minimum atomic E-state index is -4.49. The number of halogens is 3. The van der Waals surface area contributed by atoms with Crippen molar-refractivity contribution in [3.63, 3.8) is 0 Å². The minimum absolute atomic E-state index is 0.118. The Hall–Kier alpha value is -1.63. The van der Waals surface area contributed by atoms with Crippen LogP contribution >= 0.6 is 0 Å². The van der Waals surface area contributed by atoms with Gasteiger partial charge < -0.3 is 10.6 Å². The second-order valence-electron chi connectivity index (χ2n) is 5.93. The lowest BCUT2D eigenvalue weighted by Gasteiger charge is -2.39. The summed E-state index contributed by atoms with van der Waals surface area (Å²) in [4.78, 5) is 17.4. The molecule has 1 amide bonds. The lowest BCUT2D eigenvalue weighted by atomic mass is 9.70. The van der Waals surface area contributed by atoms with Crippen LogP contribution in [0.25, 0.3) is 0 Å². The lowest BCUT2D eigenvalue weighted by Crippen LogP contribution is -2.54. The van der Waals surface area contributed by atoms with Gasteiger partial charge in [-0.15, -0.1) is 0 Å². The summed E-state index contributed by atoms with van der Waals surface area (Å²) in [5, 5.41) is 0. The molecule has 0 unspecified atom stereocenters. The Labute approximate surface area is 120 Å². The number of alkyl halides is 3. The first-order valence-corrected chi connectivity index (χ1v) is 6.88. The van der Waals surface area contributed by atoms with Gasteiger partial charge in [0.1, 0.15) is 5.69 Å². The van der Waals surface area contributed by atoms with E-state index in [0.717, 1.165) is 18.9 Å². The molecule has 2 N–H and O–H groups in total. The number of hydrogen-bond acceptors (Lipinski definition) is 3. The fourth-order valence-corrected chi connectivity index (χ4v) is 3.08. The first-order valence-electron chi connectivity index (χ1n) is 6.88. The molecular weight excluding hydrogens is 283 g/mol. The van der Waals surface area contributed by atoms with Crippen LogP contribution in [0.3, 0.4) is 0 Å². The quantitative estimate of drug-likeness (QED) is 0.902. The van der Waals surface area contributed by atoms with Crippen molar-refractivity contribution in [2.75, 3.05) is 13.1 Å². The molecule has 7 heteroatoms. The summed E-state index contributed by atoms with van der Waals surface area (Å²) in [6.07, 6.45) is -2.69. The molecule has 2 aliphatic rings. The van der Waals surface area contributed by atoms with Gasteiger partial charge in [-0.05, 0) is 30.9 Å². The molecule has 1 saturated carbocycles. The summed E-state index contributed by atoms with van der Waals surface area (Å²) in [7, 11) is 0. The molecule has 1 saturated heterocycles. The van der Waals surface area contributed by atoms with Crippen molar-refractivity contribution in [3.8, 4) is 0 Å². The van der Waals surface area contributed by atoms with E-state index in [0.29, 0.717) is 19.0 Å². The Morgan fingerprint density at radius 2 is 2.24 bits per heavy atom. The maximum absolute atomic E-state index is 12.6. The van der Waals surface area contributed by atoms with Gasteiger partial charge in [-0.2, -0.15) is 13.2 Å². The summed E-state index contributed by atoms with van der Waals surface area (Å²) in [5.74, 6) is 0.122. The SMILES string of the molecule is N[C@]12CC[C@H]1CN(C(=O)Cc1cccc(C(F)(F)F)n1)C2. The third kappa shape index (κ3) is 2.62. The highest BCUT2D eigenvalue weighted by molar-refractivity contribution is 5.79. The van der Waals surface area contributed by atoms with Gasteiger partial charge in [-0.1, -0.05) is 6.07 Å². The van der Waals surface area contributed by atoms with Crippen LogP contribution in [0.15, 0.2) is 18.2 Å². The normalized spacial score (nSPS) is 28.2. The molecular formula is C14H16F3N3O. The molecule has 2 atom stereocenters. The van der Waals surface area contributed by atoms with Crippen LogP contribution in [-0.2, 0) is 17.4 Å². The van der Waals surface area contributed by atoms with E-state index in [1.54, 1.807) is 4.90 Å². The standard InChI is InChI=1S/C14H16F3N3O/c15-14(16,17)11-3-1-2-10(19-11)6-12(21)20-7-9-4-5-13(9,18)8-20/h1-3,9H,4-8,18H2/t9-,13-/m0/s1. The largest absolute Gasteiger partial charge is 0.433 e. The van der Waals surface area contributed by atoms with Crippen LogP contribution in [0.1, 0.15) is 24.2 Å². The lowest BCUT2D eigenvalue weighted by molar-refractivity contribution is -0.141. The van der Waals surface area contributed by atoms with Gasteiger partial charge in [-0.25, -0.2) is 4.98 Å². The molecule has 1 aromatic heterocycles. The van der Waals surface area contributed by atoms with Gasteiger partial charge >= 0.3 is 6.18 Å². The average Bonchev–Trinajstić information content (AvgIpc) is 2.62. The third-order valence-corrected chi connectivity index (χ3v) is 4.48. The van der Waals surface area contributed by atoms with Crippen LogP contribution in [0.2, 0.25) is 0 Å². The Morgan fingerprint density at radius 1 is 1.48 bits per heavy atom. The van der Waals surface area contributed by atoms with E-state index in [1.165, 1.54) is 12.1 Å². The van der Waals surface area contributed by atoms with E-state index in [1.807, 2.05) is 0 Å². The Bertz CT molecular complexity index is 575. The Balaban J connectivity index is 1.68. The van der Waals surface area contributed by atoms with Crippen molar-refractivity contribution in [2.45, 2.75) is 31.0 Å². The van der Waals surface area contributed by atoms with Crippen molar-refractivity contribution in [2.24, 2.45) is 11.7 Å². The number of likely N-dealkylation sites (tertiary alicyclic amines) is 1. The van der Waals surface area contributed by atoms with E-state index >= 15 is 0 Å². The first kappa shape index (κ1) is 14.3. The summed E-state index contributed by atoms with van der Waals surface area (Å²) >= 11 is 0. The summed E-state index contributed by atoms with van der Waals surface area (Å²) in [6, 6.07) is 3.62. The summed E-state index contributed by atoms with van der Waals surface area (Å²) in [6.45, 7) is 1.10. The number of aromatic nitrogens is 1. The van der Waals surface area contributed by atoms with Gasteiger partial charge in [0.25, 0.3) is 0 Å². The van der Waals surface area contributed by atoms with E-state index in [2.05, 4.69) is 4.98 Å². The summed E-state index contributed by atoms with van der Waals surface area (Å²) < 4.78 is 37.8. The van der Waals surface area contributed by atoms with Crippen molar-refractivity contribution in [1.82, 2.24) is 9.88 Å². The topological polar surface area (TPSA) is 59.2 Å². The molecule has 21 heavy (non-hydrogen) atoms. The van der Waals surface area contributed by atoms with E-state index in [9.17, 15) is 18.0 Å². The molecule has 2 fully saturated rings. The molecule has 1 aliphatic carbocycles. The Morgan fingerprint density at radius 3 is 2.76 bits per heavy atom. The molecule has 0 bridgehead atoms. The molecule has 4 nitrogen and oxygen atoms in total. The van der Waals surface area contributed by atoms with E-state index in [-0.39, 0.29) is 23.6 Å². The zero-order valence-electron chi connectivity index (χ0n) is 11.4. The third-order valence-electron chi connectivity index (χ3n) is 4.48. The predicted molar refractivity (Wildman–Crippen MR) is 69.2 cm³/mol. The number of amides is 1. The van der Waals surface area contributed by atoms with Crippen LogP contribution in [0.4, 0.5) is 13.2 Å². The second-order valence-corrected chi connectivity index (χ2v) is 5.93. The molecule has 0 radical (unpaired) electrons. The highest BCUT2D eigenvalue weighted by atomic mass is 19.4. The number of rotatable bonds is 2. The van der Waals surface area contributed by atoms with Gasteiger partial charge in [0.15, 0.2) is 0 Å². The average molecular weight is 299 g/mol. The molecule has 1 aromatic rings. The number of fused-ring (bicyclic) bond motifs is 1. The van der Waals surface area contributed by atoms with Crippen LogP contribution < -0.4 is 5.73 Å². The van der Waals surface area contributed by atoms with Crippen molar-refractivity contribution in [1.29, 1.82) is 0 Å². The number of nitrogens with two attached hydrogens (primary N) is 1. The molecule has 3 rings (SSSR count). The van der Waals surface area contributed by atoms with Gasteiger partial charge in [-0.3, -0.25) is 4.79 Å².